The van der Waals surface area contributed by atoms with E-state index in [0.29, 0.717) is 11.7 Å². The van der Waals surface area contributed by atoms with Crippen molar-refractivity contribution < 1.29 is 19.1 Å². The molecule has 3 aromatic carbocycles. The molecule has 1 aliphatic rings. The van der Waals surface area contributed by atoms with Gasteiger partial charge in [-0.25, -0.2) is 9.78 Å². The summed E-state index contributed by atoms with van der Waals surface area (Å²) in [7, 11) is 0. The van der Waals surface area contributed by atoms with Crippen LogP contribution in [0.2, 0.25) is 0 Å². The molecule has 0 aliphatic carbocycles. The third kappa shape index (κ3) is 5.02. The number of rotatable bonds is 8. The van der Waals surface area contributed by atoms with Crippen LogP contribution >= 0.6 is 11.8 Å². The quantitative estimate of drug-likeness (QED) is 0.316. The van der Waals surface area contributed by atoms with Gasteiger partial charge in [0.25, 0.3) is 0 Å². The zero-order valence-electron chi connectivity index (χ0n) is 18.6. The Labute approximate surface area is 202 Å². The average molecular weight is 472 g/mol. The van der Waals surface area contributed by atoms with Crippen LogP contribution < -0.4 is 4.74 Å². The minimum Gasteiger partial charge on any atom is -0.482 e. The molecule has 4 aromatic rings. The minimum atomic E-state index is -0.981. The number of ether oxygens (including phenoxy) is 1. The largest absolute Gasteiger partial charge is 0.482 e. The van der Waals surface area contributed by atoms with E-state index >= 15 is 0 Å². The van der Waals surface area contributed by atoms with Crippen molar-refractivity contribution in [3.8, 4) is 28.3 Å². The van der Waals surface area contributed by atoms with Crippen LogP contribution in [-0.4, -0.2) is 28.4 Å². The molecule has 172 valence electrons. The first kappa shape index (κ1) is 22.3. The number of hydrogen-bond acceptors (Lipinski definition) is 5. The zero-order valence-corrected chi connectivity index (χ0v) is 19.4. The predicted octanol–water partition coefficient (Wildman–Crippen LogP) is 6.51. The lowest BCUT2D eigenvalue weighted by atomic mass is 9.93. The van der Waals surface area contributed by atoms with Crippen LogP contribution in [0.3, 0.4) is 0 Å². The first-order chi connectivity index (χ1) is 16.7. The molecule has 6 heteroatoms. The zero-order chi connectivity index (χ0) is 23.3. The lowest BCUT2D eigenvalue weighted by Gasteiger charge is -2.16. The number of hydrogen-bond donors (Lipinski definition) is 1. The summed E-state index contributed by atoms with van der Waals surface area (Å²) in [6, 6.07) is 28.0. The van der Waals surface area contributed by atoms with Gasteiger partial charge < -0.3 is 14.3 Å². The molecule has 2 unspecified atom stereocenters. The molecular formula is C28H25NO4S. The number of oxazole rings is 1. The minimum absolute atomic E-state index is 0.156. The van der Waals surface area contributed by atoms with E-state index in [4.69, 9.17) is 19.2 Å². The van der Waals surface area contributed by atoms with Crippen LogP contribution in [0.1, 0.15) is 23.1 Å². The molecule has 0 saturated carbocycles. The number of aromatic nitrogens is 1. The van der Waals surface area contributed by atoms with Gasteiger partial charge in [-0.05, 0) is 42.2 Å². The van der Waals surface area contributed by atoms with Gasteiger partial charge in [0, 0.05) is 11.1 Å². The maximum atomic E-state index is 10.8. The van der Waals surface area contributed by atoms with Crippen molar-refractivity contribution in [2.24, 2.45) is 5.92 Å². The maximum absolute atomic E-state index is 10.8. The van der Waals surface area contributed by atoms with Crippen molar-refractivity contribution in [2.75, 3.05) is 12.4 Å². The Morgan fingerprint density at radius 1 is 1.00 bits per heavy atom. The molecule has 5 nitrogen and oxygen atoms in total. The van der Waals surface area contributed by atoms with Gasteiger partial charge in [-0.1, -0.05) is 72.8 Å². The second-order valence-electron chi connectivity index (χ2n) is 8.34. The van der Waals surface area contributed by atoms with Crippen molar-refractivity contribution in [3.63, 3.8) is 0 Å². The SMILES string of the molecule is O=C(O)COc1cccc(CC2CCSC2c2nc(-c3ccccc3)c(-c3ccccc3)o2)c1. The highest BCUT2D eigenvalue weighted by Gasteiger charge is 2.34. The molecule has 1 aromatic heterocycles. The van der Waals surface area contributed by atoms with E-state index in [1.54, 1.807) is 6.07 Å². The monoisotopic (exact) mass is 471 g/mol. The molecule has 1 N–H and O–H groups in total. The lowest BCUT2D eigenvalue weighted by Crippen LogP contribution is -2.10. The summed E-state index contributed by atoms with van der Waals surface area (Å²) in [4.78, 5) is 15.8. The van der Waals surface area contributed by atoms with Crippen LogP contribution in [0.5, 0.6) is 5.75 Å². The number of carboxylic acid groups (broad SMARTS) is 1. The Morgan fingerprint density at radius 3 is 2.47 bits per heavy atom. The van der Waals surface area contributed by atoms with Gasteiger partial charge in [-0.3, -0.25) is 0 Å². The van der Waals surface area contributed by atoms with Crippen molar-refractivity contribution >= 4 is 17.7 Å². The number of nitrogens with zero attached hydrogens (tertiary/aromatic N) is 1. The van der Waals surface area contributed by atoms with Crippen molar-refractivity contribution in [3.05, 3.63) is 96.4 Å². The van der Waals surface area contributed by atoms with E-state index < -0.39 is 5.97 Å². The van der Waals surface area contributed by atoms with E-state index in [1.807, 2.05) is 60.3 Å². The highest BCUT2D eigenvalue weighted by Crippen LogP contribution is 2.48. The predicted molar refractivity (Wildman–Crippen MR) is 134 cm³/mol. The van der Waals surface area contributed by atoms with Crippen molar-refractivity contribution in [1.29, 1.82) is 0 Å². The van der Waals surface area contributed by atoms with Crippen molar-refractivity contribution in [1.82, 2.24) is 4.98 Å². The third-order valence-corrected chi connectivity index (χ3v) is 7.36. The summed E-state index contributed by atoms with van der Waals surface area (Å²) in [5.74, 6) is 2.58. The fourth-order valence-corrected chi connectivity index (χ4v) is 5.80. The molecule has 1 aliphatic heterocycles. The fraction of sp³-hybridized carbons (Fsp3) is 0.214. The topological polar surface area (TPSA) is 72.6 Å². The molecule has 2 atom stereocenters. The summed E-state index contributed by atoms with van der Waals surface area (Å²) in [6.45, 7) is -0.341. The number of aliphatic carboxylic acids is 1. The molecule has 1 saturated heterocycles. The molecule has 5 rings (SSSR count). The van der Waals surface area contributed by atoms with Crippen LogP contribution in [0, 0.1) is 5.92 Å². The van der Waals surface area contributed by atoms with Crippen LogP contribution in [0.25, 0.3) is 22.6 Å². The van der Waals surface area contributed by atoms with Gasteiger partial charge in [0.2, 0.25) is 5.89 Å². The lowest BCUT2D eigenvalue weighted by molar-refractivity contribution is -0.139. The first-order valence-electron chi connectivity index (χ1n) is 11.3. The highest BCUT2D eigenvalue weighted by atomic mass is 32.2. The van der Waals surface area contributed by atoms with Gasteiger partial charge in [-0.2, -0.15) is 0 Å². The highest BCUT2D eigenvalue weighted by molar-refractivity contribution is 7.99. The third-order valence-electron chi connectivity index (χ3n) is 5.94. The van der Waals surface area contributed by atoms with Gasteiger partial charge >= 0.3 is 5.97 Å². The van der Waals surface area contributed by atoms with Gasteiger partial charge in [-0.15, -0.1) is 11.8 Å². The maximum Gasteiger partial charge on any atom is 0.341 e. The summed E-state index contributed by atoms with van der Waals surface area (Å²) in [5, 5.41) is 9.03. The summed E-state index contributed by atoms with van der Waals surface area (Å²) in [6.07, 6.45) is 1.92. The number of carbonyl (C=O) groups is 1. The van der Waals surface area contributed by atoms with Gasteiger partial charge in [0.1, 0.15) is 11.4 Å². The molecule has 2 heterocycles. The van der Waals surface area contributed by atoms with E-state index in [-0.39, 0.29) is 11.9 Å². The first-order valence-corrected chi connectivity index (χ1v) is 12.4. The molecule has 0 radical (unpaired) electrons. The fourth-order valence-electron chi connectivity index (χ4n) is 4.36. The second kappa shape index (κ2) is 10.2. The van der Waals surface area contributed by atoms with Crippen LogP contribution in [-0.2, 0) is 11.2 Å². The van der Waals surface area contributed by atoms with E-state index in [9.17, 15) is 4.79 Å². The second-order valence-corrected chi connectivity index (χ2v) is 9.59. The Hall–Kier alpha value is -3.51. The normalized spacial score (nSPS) is 17.5. The number of thioether (sulfide) groups is 1. The molecule has 34 heavy (non-hydrogen) atoms. The standard InChI is InChI=1S/C28H25NO4S/c30-24(31)18-32-23-13-7-8-19(17-23)16-22-14-15-34-27(22)28-29-25(20-9-3-1-4-10-20)26(33-28)21-11-5-2-6-12-21/h1-13,17,22,27H,14-16,18H2,(H,30,31). The summed E-state index contributed by atoms with van der Waals surface area (Å²) < 4.78 is 11.8. The van der Waals surface area contributed by atoms with Crippen LogP contribution in [0.4, 0.5) is 0 Å². The molecule has 1 fully saturated rings. The Kier molecular flexibility index (Phi) is 6.67. The summed E-state index contributed by atoms with van der Waals surface area (Å²) in [5.41, 5.74) is 4.05. The van der Waals surface area contributed by atoms with E-state index in [0.717, 1.165) is 52.6 Å². The van der Waals surface area contributed by atoms with E-state index in [1.165, 1.54) is 0 Å². The Balaban J connectivity index is 1.43. The summed E-state index contributed by atoms with van der Waals surface area (Å²) >= 11 is 1.89. The molecule has 0 bridgehead atoms. The molecule has 0 spiro atoms. The smallest absolute Gasteiger partial charge is 0.341 e. The molecular weight excluding hydrogens is 446 g/mol. The number of carboxylic acids is 1. The van der Waals surface area contributed by atoms with Crippen LogP contribution in [0.15, 0.2) is 89.3 Å². The van der Waals surface area contributed by atoms with Gasteiger partial charge in [0.05, 0.1) is 5.25 Å². The van der Waals surface area contributed by atoms with E-state index in [2.05, 4.69) is 30.3 Å². The average Bonchev–Trinajstić information content (AvgIpc) is 3.51. The number of benzene rings is 3. The molecule has 0 amide bonds. The Bertz CT molecular complexity index is 1200. The Morgan fingerprint density at radius 2 is 1.74 bits per heavy atom. The van der Waals surface area contributed by atoms with Crippen molar-refractivity contribution in [2.45, 2.75) is 18.1 Å². The van der Waals surface area contributed by atoms with Gasteiger partial charge in [0.15, 0.2) is 12.4 Å².